The number of ether oxygens (including phenoxy) is 1. The van der Waals surface area contributed by atoms with Crippen molar-refractivity contribution in [1.29, 1.82) is 0 Å². The van der Waals surface area contributed by atoms with E-state index in [-0.39, 0.29) is 30.1 Å². The number of halogens is 1. The summed E-state index contributed by atoms with van der Waals surface area (Å²) in [6, 6.07) is 4.23. The van der Waals surface area contributed by atoms with E-state index in [4.69, 9.17) is 4.74 Å². The molecule has 1 saturated heterocycles. The second-order valence-corrected chi connectivity index (χ2v) is 7.64. The Morgan fingerprint density at radius 2 is 2.22 bits per heavy atom. The molecule has 0 radical (unpaired) electrons. The van der Waals surface area contributed by atoms with Gasteiger partial charge in [-0.25, -0.2) is 4.98 Å². The van der Waals surface area contributed by atoms with E-state index >= 15 is 0 Å². The zero-order valence-corrected chi connectivity index (χ0v) is 19.2. The van der Waals surface area contributed by atoms with Gasteiger partial charge in [-0.05, 0) is 49.3 Å². The quantitative estimate of drug-likeness (QED) is 0.367. The number of pyridine rings is 1. The maximum Gasteiger partial charge on any atom is 0.191 e. The van der Waals surface area contributed by atoms with Crippen molar-refractivity contribution in [3.63, 3.8) is 0 Å². The van der Waals surface area contributed by atoms with Crippen molar-refractivity contribution in [1.82, 2.24) is 15.6 Å². The number of nitrogens with zero attached hydrogens (tertiary/aromatic N) is 3. The number of anilines is 1. The lowest BCUT2D eigenvalue weighted by Crippen LogP contribution is -2.46. The van der Waals surface area contributed by atoms with Gasteiger partial charge < -0.3 is 20.3 Å². The highest BCUT2D eigenvalue weighted by Crippen LogP contribution is 2.42. The van der Waals surface area contributed by atoms with Crippen LogP contribution in [0.2, 0.25) is 0 Å². The van der Waals surface area contributed by atoms with Gasteiger partial charge in [-0.15, -0.1) is 24.0 Å². The summed E-state index contributed by atoms with van der Waals surface area (Å²) in [6.45, 7) is 8.72. The van der Waals surface area contributed by atoms with Gasteiger partial charge in [0.05, 0.1) is 12.7 Å². The SMILES string of the molecule is CCC1(CNC(=NC)NCc2ccnc(N3CCOC(C)C3)c2)CCC1.I. The van der Waals surface area contributed by atoms with E-state index in [0.717, 1.165) is 44.6 Å². The Labute approximate surface area is 180 Å². The number of aromatic nitrogens is 1. The lowest BCUT2D eigenvalue weighted by Gasteiger charge is -2.41. The highest BCUT2D eigenvalue weighted by molar-refractivity contribution is 14.0. The molecule has 2 aliphatic rings. The van der Waals surface area contributed by atoms with Crippen LogP contribution < -0.4 is 15.5 Å². The molecule has 0 spiro atoms. The summed E-state index contributed by atoms with van der Waals surface area (Å²) in [5.41, 5.74) is 1.69. The molecule has 3 rings (SSSR count). The molecule has 0 aromatic carbocycles. The second-order valence-electron chi connectivity index (χ2n) is 7.64. The fourth-order valence-electron chi connectivity index (χ4n) is 3.78. The van der Waals surface area contributed by atoms with Crippen molar-refractivity contribution in [2.75, 3.05) is 38.2 Å². The Morgan fingerprint density at radius 1 is 1.41 bits per heavy atom. The Hall–Kier alpha value is -1.09. The highest BCUT2D eigenvalue weighted by atomic mass is 127. The van der Waals surface area contributed by atoms with Crippen LogP contribution in [-0.2, 0) is 11.3 Å². The Bertz CT molecular complexity index is 615. The lowest BCUT2D eigenvalue weighted by atomic mass is 9.67. The molecule has 1 atom stereocenters. The van der Waals surface area contributed by atoms with Gasteiger partial charge in [-0.3, -0.25) is 4.99 Å². The van der Waals surface area contributed by atoms with Crippen LogP contribution in [0.5, 0.6) is 0 Å². The fourth-order valence-corrected chi connectivity index (χ4v) is 3.78. The van der Waals surface area contributed by atoms with Crippen LogP contribution in [0.25, 0.3) is 0 Å². The third-order valence-electron chi connectivity index (χ3n) is 5.85. The number of aliphatic imine (C=N–C) groups is 1. The van der Waals surface area contributed by atoms with E-state index in [1.807, 2.05) is 13.2 Å². The molecule has 1 saturated carbocycles. The molecule has 1 aromatic heterocycles. The lowest BCUT2D eigenvalue weighted by molar-refractivity contribution is 0.0529. The van der Waals surface area contributed by atoms with Crippen LogP contribution in [0.4, 0.5) is 5.82 Å². The van der Waals surface area contributed by atoms with Gasteiger partial charge in [0.2, 0.25) is 0 Å². The summed E-state index contributed by atoms with van der Waals surface area (Å²) in [5.74, 6) is 1.91. The second kappa shape index (κ2) is 10.5. The van der Waals surface area contributed by atoms with Crippen LogP contribution in [-0.4, -0.2) is 50.3 Å². The Balaban J connectivity index is 0.00000261. The monoisotopic (exact) mass is 487 g/mol. The largest absolute Gasteiger partial charge is 0.375 e. The van der Waals surface area contributed by atoms with Crippen molar-refractivity contribution in [3.05, 3.63) is 23.9 Å². The molecule has 2 heterocycles. The minimum atomic E-state index is 0. The van der Waals surface area contributed by atoms with E-state index in [2.05, 4.69) is 51.5 Å². The minimum Gasteiger partial charge on any atom is -0.375 e. The summed E-state index contributed by atoms with van der Waals surface area (Å²) in [5, 5.41) is 6.95. The van der Waals surface area contributed by atoms with E-state index in [9.17, 15) is 0 Å². The average Bonchev–Trinajstić information content (AvgIpc) is 2.64. The van der Waals surface area contributed by atoms with E-state index < -0.39 is 0 Å². The molecule has 2 fully saturated rings. The van der Waals surface area contributed by atoms with Gasteiger partial charge in [0.15, 0.2) is 5.96 Å². The standard InChI is InChI=1S/C20H33N5O.HI/c1-4-20(7-5-8-20)15-24-19(21-3)23-13-17-6-9-22-18(12-17)25-10-11-26-16(2)14-25;/h6,9,12,16H,4-5,7-8,10-11,13-15H2,1-3H3,(H2,21,23,24);1H. The maximum atomic E-state index is 5.62. The van der Waals surface area contributed by atoms with E-state index in [1.54, 1.807) is 0 Å². The smallest absolute Gasteiger partial charge is 0.191 e. The van der Waals surface area contributed by atoms with Crippen molar-refractivity contribution in [2.24, 2.45) is 10.4 Å². The molecule has 1 aliphatic carbocycles. The third-order valence-corrected chi connectivity index (χ3v) is 5.85. The molecule has 6 nitrogen and oxygen atoms in total. The minimum absolute atomic E-state index is 0. The molecular weight excluding hydrogens is 453 g/mol. The van der Waals surface area contributed by atoms with Gasteiger partial charge >= 0.3 is 0 Å². The molecule has 152 valence electrons. The molecule has 0 amide bonds. The molecule has 1 aliphatic heterocycles. The number of morpholine rings is 1. The van der Waals surface area contributed by atoms with Gasteiger partial charge in [0, 0.05) is 39.4 Å². The summed E-state index contributed by atoms with van der Waals surface area (Å²) in [7, 11) is 1.84. The average molecular weight is 487 g/mol. The highest BCUT2D eigenvalue weighted by Gasteiger charge is 2.34. The molecule has 1 aromatic rings. The fraction of sp³-hybridized carbons (Fsp3) is 0.700. The third kappa shape index (κ3) is 5.94. The number of hydrogen-bond acceptors (Lipinski definition) is 4. The van der Waals surface area contributed by atoms with Gasteiger partial charge in [0.25, 0.3) is 0 Å². The summed E-state index contributed by atoms with van der Waals surface area (Å²) >= 11 is 0. The van der Waals surface area contributed by atoms with E-state index in [1.165, 1.54) is 31.2 Å². The first-order chi connectivity index (χ1) is 12.6. The summed E-state index contributed by atoms with van der Waals surface area (Å²) in [4.78, 5) is 11.2. The molecular formula is C20H34IN5O. The van der Waals surface area contributed by atoms with Gasteiger partial charge in [-0.1, -0.05) is 13.3 Å². The first-order valence-electron chi connectivity index (χ1n) is 9.90. The van der Waals surface area contributed by atoms with Crippen LogP contribution in [0.15, 0.2) is 23.3 Å². The first kappa shape index (κ1) is 22.2. The number of hydrogen-bond donors (Lipinski definition) is 2. The molecule has 27 heavy (non-hydrogen) atoms. The molecule has 7 heteroatoms. The topological polar surface area (TPSA) is 61.8 Å². The zero-order chi connectivity index (χ0) is 18.4. The number of nitrogens with one attached hydrogen (secondary N) is 2. The number of rotatable bonds is 6. The van der Waals surface area contributed by atoms with Crippen molar-refractivity contribution < 1.29 is 4.74 Å². The van der Waals surface area contributed by atoms with Crippen LogP contribution in [0.3, 0.4) is 0 Å². The molecule has 1 unspecified atom stereocenters. The van der Waals surface area contributed by atoms with Crippen molar-refractivity contribution >= 4 is 35.8 Å². The maximum absolute atomic E-state index is 5.62. The predicted octanol–water partition coefficient (Wildman–Crippen LogP) is 3.17. The Kier molecular flexibility index (Phi) is 8.60. The predicted molar refractivity (Wildman–Crippen MR) is 122 cm³/mol. The van der Waals surface area contributed by atoms with Crippen LogP contribution >= 0.6 is 24.0 Å². The normalized spacial score (nSPS) is 21.8. The van der Waals surface area contributed by atoms with Crippen LogP contribution in [0, 0.1) is 5.41 Å². The first-order valence-corrected chi connectivity index (χ1v) is 9.90. The Morgan fingerprint density at radius 3 is 2.85 bits per heavy atom. The molecule has 2 N–H and O–H groups in total. The summed E-state index contributed by atoms with van der Waals surface area (Å²) < 4.78 is 5.62. The van der Waals surface area contributed by atoms with Gasteiger partial charge in [0.1, 0.15) is 5.82 Å². The van der Waals surface area contributed by atoms with Crippen molar-refractivity contribution in [2.45, 2.75) is 52.2 Å². The molecule has 0 bridgehead atoms. The zero-order valence-electron chi connectivity index (χ0n) is 16.8. The van der Waals surface area contributed by atoms with Gasteiger partial charge in [-0.2, -0.15) is 0 Å². The van der Waals surface area contributed by atoms with Crippen LogP contribution in [0.1, 0.15) is 45.1 Å². The van der Waals surface area contributed by atoms with Crippen molar-refractivity contribution in [3.8, 4) is 0 Å². The number of guanidine groups is 1. The summed E-state index contributed by atoms with van der Waals surface area (Å²) in [6.07, 6.45) is 7.42. The van der Waals surface area contributed by atoms with E-state index in [0.29, 0.717) is 5.41 Å².